The molecular formula is C15H30. The molecule has 0 N–H and O–H groups in total. The summed E-state index contributed by atoms with van der Waals surface area (Å²) in [5, 5.41) is 0. The summed E-state index contributed by atoms with van der Waals surface area (Å²) in [6, 6.07) is 0. The van der Waals surface area contributed by atoms with Crippen LogP contribution in [0.15, 0.2) is 35.5 Å². The van der Waals surface area contributed by atoms with E-state index in [1.165, 1.54) is 11.1 Å². The first kappa shape index (κ1) is 19.7. The lowest BCUT2D eigenvalue weighted by Crippen LogP contribution is -1.78. The Balaban J connectivity index is -0.000000318. The molecule has 0 aliphatic carbocycles. The Hall–Kier alpha value is -0.780. The zero-order valence-electron chi connectivity index (χ0n) is 12.0. The second-order valence-corrected chi connectivity index (χ2v) is 2.85. The fourth-order valence-electron chi connectivity index (χ4n) is 0.861. The molecule has 0 aliphatic rings. The third-order valence-electron chi connectivity index (χ3n) is 1.62. The summed E-state index contributed by atoms with van der Waals surface area (Å²) in [7, 11) is 0. The minimum absolute atomic E-state index is 1.10. The van der Waals surface area contributed by atoms with Gasteiger partial charge in [0.25, 0.3) is 0 Å². The number of hydrogen-bond acceptors (Lipinski definition) is 0. The van der Waals surface area contributed by atoms with Crippen LogP contribution in [0.2, 0.25) is 0 Å². The lowest BCUT2D eigenvalue weighted by molar-refractivity contribution is 1.10. The van der Waals surface area contributed by atoms with Crippen LogP contribution in [0, 0.1) is 0 Å². The normalized spacial score (nSPS) is 11.5. The zero-order chi connectivity index (χ0) is 12.7. The third kappa shape index (κ3) is 19.6. The minimum Gasteiger partial charge on any atom is -0.0884 e. The van der Waals surface area contributed by atoms with Crippen molar-refractivity contribution < 1.29 is 0 Å². The molecule has 0 aromatic rings. The Morgan fingerprint density at radius 1 is 0.867 bits per heavy atom. The fraction of sp³-hybridized carbons (Fsp3) is 0.600. The Morgan fingerprint density at radius 3 is 1.67 bits per heavy atom. The van der Waals surface area contributed by atoms with Crippen molar-refractivity contribution in [3.8, 4) is 0 Å². The number of hydrogen-bond donors (Lipinski definition) is 0. The minimum atomic E-state index is 1.10. The van der Waals surface area contributed by atoms with E-state index in [0.717, 1.165) is 6.42 Å². The van der Waals surface area contributed by atoms with Crippen molar-refractivity contribution in [1.29, 1.82) is 0 Å². The van der Waals surface area contributed by atoms with Crippen LogP contribution in [-0.4, -0.2) is 0 Å². The van der Waals surface area contributed by atoms with Gasteiger partial charge in [-0.3, -0.25) is 0 Å². The molecule has 0 amide bonds. The van der Waals surface area contributed by atoms with E-state index < -0.39 is 0 Å². The van der Waals surface area contributed by atoms with Crippen LogP contribution in [0.3, 0.4) is 0 Å². The lowest BCUT2D eigenvalue weighted by atomic mass is 10.1. The van der Waals surface area contributed by atoms with Gasteiger partial charge >= 0.3 is 0 Å². The van der Waals surface area contributed by atoms with E-state index in [1.807, 2.05) is 34.6 Å². The summed E-state index contributed by atoms with van der Waals surface area (Å²) in [6.45, 7) is 16.4. The molecule has 0 aromatic heterocycles. The molecule has 0 nitrogen and oxygen atoms in total. The Bertz CT molecular complexity index is 180. The Kier molecular flexibility index (Phi) is 24.9. The van der Waals surface area contributed by atoms with Crippen LogP contribution in [0.4, 0.5) is 0 Å². The quantitative estimate of drug-likeness (QED) is 0.401. The van der Waals surface area contributed by atoms with Gasteiger partial charge in [-0.05, 0) is 34.1 Å². The van der Waals surface area contributed by atoms with Gasteiger partial charge in [0.2, 0.25) is 0 Å². The lowest BCUT2D eigenvalue weighted by Gasteiger charge is -1.98. The molecule has 15 heavy (non-hydrogen) atoms. The van der Waals surface area contributed by atoms with Crippen molar-refractivity contribution >= 4 is 0 Å². The highest BCUT2D eigenvalue weighted by molar-refractivity contribution is 5.16. The van der Waals surface area contributed by atoms with Crippen molar-refractivity contribution in [2.75, 3.05) is 0 Å². The van der Waals surface area contributed by atoms with Gasteiger partial charge in [-0.25, -0.2) is 0 Å². The van der Waals surface area contributed by atoms with Crippen LogP contribution in [0.1, 0.15) is 61.8 Å². The van der Waals surface area contributed by atoms with Crippen LogP contribution in [0.5, 0.6) is 0 Å². The van der Waals surface area contributed by atoms with Crippen LogP contribution < -0.4 is 0 Å². The third-order valence-corrected chi connectivity index (χ3v) is 1.62. The average Bonchev–Trinajstić information content (AvgIpc) is 2.31. The zero-order valence-corrected chi connectivity index (χ0v) is 12.0. The maximum atomic E-state index is 2.16. The monoisotopic (exact) mass is 210 g/mol. The van der Waals surface area contributed by atoms with Gasteiger partial charge in [0, 0.05) is 0 Å². The van der Waals surface area contributed by atoms with Crippen molar-refractivity contribution in [1.82, 2.24) is 0 Å². The van der Waals surface area contributed by atoms with Gasteiger partial charge < -0.3 is 0 Å². The van der Waals surface area contributed by atoms with Crippen LogP contribution >= 0.6 is 0 Å². The standard InChI is InChI=1S/C11H18.2C2H6/c1-5-7-8-11(4)9-10(3)6-2;2*1-2/h5-8H,9H2,1-4H3;2*1-2H3/b7-5-,10-6?,11-8-;;. The Morgan fingerprint density at radius 2 is 1.33 bits per heavy atom. The van der Waals surface area contributed by atoms with Crippen molar-refractivity contribution in [3.63, 3.8) is 0 Å². The maximum Gasteiger partial charge on any atom is -0.0111 e. The fourth-order valence-corrected chi connectivity index (χ4v) is 0.861. The highest BCUT2D eigenvalue weighted by Crippen LogP contribution is 2.08. The number of rotatable bonds is 3. The van der Waals surface area contributed by atoms with Crippen LogP contribution in [0.25, 0.3) is 0 Å². The molecule has 0 spiro atoms. The molecule has 90 valence electrons. The molecule has 0 saturated heterocycles. The highest BCUT2D eigenvalue weighted by Gasteiger charge is 1.88. The van der Waals surface area contributed by atoms with E-state index >= 15 is 0 Å². The molecule has 0 atom stereocenters. The highest BCUT2D eigenvalue weighted by atomic mass is 13.9. The second kappa shape index (κ2) is 18.9. The summed E-state index contributed by atoms with van der Waals surface area (Å²) in [5.74, 6) is 0. The Labute approximate surface area is 97.8 Å². The van der Waals surface area contributed by atoms with E-state index in [0.29, 0.717) is 0 Å². The molecule has 0 heteroatoms. The van der Waals surface area contributed by atoms with Crippen molar-refractivity contribution in [2.24, 2.45) is 0 Å². The largest absolute Gasteiger partial charge is 0.0884 e. The molecule has 0 saturated carbocycles. The van der Waals surface area contributed by atoms with Gasteiger partial charge in [0.1, 0.15) is 0 Å². The molecular weight excluding hydrogens is 180 g/mol. The van der Waals surface area contributed by atoms with Gasteiger partial charge in [0.15, 0.2) is 0 Å². The molecule has 0 aromatic carbocycles. The molecule has 0 fully saturated rings. The molecule has 0 radical (unpaired) electrons. The van der Waals surface area contributed by atoms with E-state index in [2.05, 4.69) is 45.1 Å². The summed E-state index contributed by atoms with van der Waals surface area (Å²) < 4.78 is 0. The van der Waals surface area contributed by atoms with Crippen molar-refractivity contribution in [3.05, 3.63) is 35.5 Å². The topological polar surface area (TPSA) is 0 Å². The maximum absolute atomic E-state index is 2.16. The first-order valence-corrected chi connectivity index (χ1v) is 6.11. The predicted octanol–water partition coefficient (Wildman–Crippen LogP) is 5.92. The smallest absolute Gasteiger partial charge is 0.0111 e. The first-order valence-electron chi connectivity index (χ1n) is 6.11. The number of allylic oxidation sites excluding steroid dienone is 6. The summed E-state index contributed by atoms with van der Waals surface area (Å²) >= 11 is 0. The van der Waals surface area contributed by atoms with E-state index in [9.17, 15) is 0 Å². The van der Waals surface area contributed by atoms with E-state index in [4.69, 9.17) is 0 Å². The summed E-state index contributed by atoms with van der Waals surface area (Å²) in [5.41, 5.74) is 2.85. The van der Waals surface area contributed by atoms with E-state index in [1.54, 1.807) is 0 Å². The molecule has 0 unspecified atom stereocenters. The van der Waals surface area contributed by atoms with Gasteiger partial charge in [0.05, 0.1) is 0 Å². The summed E-state index contributed by atoms with van der Waals surface area (Å²) in [6.07, 6.45) is 9.55. The SMILES string of the molecule is CC.CC.CC=C(C)C/C(C)=C\C=C/C. The van der Waals surface area contributed by atoms with Crippen molar-refractivity contribution in [2.45, 2.75) is 61.8 Å². The van der Waals surface area contributed by atoms with Gasteiger partial charge in [-0.2, -0.15) is 0 Å². The average molecular weight is 210 g/mol. The second-order valence-electron chi connectivity index (χ2n) is 2.85. The molecule has 0 bridgehead atoms. The van der Waals surface area contributed by atoms with Gasteiger partial charge in [-0.15, -0.1) is 0 Å². The van der Waals surface area contributed by atoms with E-state index in [-0.39, 0.29) is 0 Å². The molecule has 0 heterocycles. The molecule has 0 aliphatic heterocycles. The predicted molar refractivity (Wildman–Crippen MR) is 75.3 cm³/mol. The summed E-state index contributed by atoms with van der Waals surface area (Å²) in [4.78, 5) is 0. The first-order chi connectivity index (χ1) is 7.20. The van der Waals surface area contributed by atoms with Crippen LogP contribution in [-0.2, 0) is 0 Å². The van der Waals surface area contributed by atoms with Gasteiger partial charge in [-0.1, -0.05) is 63.1 Å². The molecule has 0 rings (SSSR count).